The SMILES string of the molecule is COC(=O)c1ccc(NC(=O)COC(=O)c2cccc(NC(=O)C(F)(F)F)c2)cc1. The van der Waals surface area contributed by atoms with Gasteiger partial charge in [-0.25, -0.2) is 9.59 Å². The van der Waals surface area contributed by atoms with Gasteiger partial charge in [0.25, 0.3) is 5.91 Å². The first-order valence-corrected chi connectivity index (χ1v) is 8.23. The molecule has 0 aliphatic rings. The summed E-state index contributed by atoms with van der Waals surface area (Å²) in [7, 11) is 1.23. The van der Waals surface area contributed by atoms with E-state index in [2.05, 4.69) is 10.1 Å². The van der Waals surface area contributed by atoms with Crippen LogP contribution in [0.5, 0.6) is 0 Å². The highest BCUT2D eigenvalue weighted by atomic mass is 19.4. The predicted octanol–water partition coefficient (Wildman–Crippen LogP) is 2.77. The Labute approximate surface area is 168 Å². The Bertz CT molecular complexity index is 957. The van der Waals surface area contributed by atoms with E-state index in [0.29, 0.717) is 5.69 Å². The smallest absolute Gasteiger partial charge is 0.465 e. The lowest BCUT2D eigenvalue weighted by Crippen LogP contribution is -2.30. The van der Waals surface area contributed by atoms with Crippen LogP contribution in [0, 0.1) is 0 Å². The summed E-state index contributed by atoms with van der Waals surface area (Å²) in [6.45, 7) is -0.670. The third-order valence-electron chi connectivity index (χ3n) is 3.54. The van der Waals surface area contributed by atoms with Gasteiger partial charge in [-0.1, -0.05) is 6.07 Å². The van der Waals surface area contributed by atoms with Gasteiger partial charge in [0.05, 0.1) is 18.2 Å². The quantitative estimate of drug-likeness (QED) is 0.690. The first-order chi connectivity index (χ1) is 14.1. The Hall–Kier alpha value is -3.89. The zero-order valence-corrected chi connectivity index (χ0v) is 15.4. The fourth-order valence-corrected chi connectivity index (χ4v) is 2.14. The van der Waals surface area contributed by atoms with Crippen molar-refractivity contribution in [1.29, 1.82) is 0 Å². The third-order valence-corrected chi connectivity index (χ3v) is 3.54. The highest BCUT2D eigenvalue weighted by Gasteiger charge is 2.38. The molecule has 8 nitrogen and oxygen atoms in total. The molecule has 30 heavy (non-hydrogen) atoms. The zero-order valence-electron chi connectivity index (χ0n) is 15.4. The van der Waals surface area contributed by atoms with E-state index in [1.54, 1.807) is 5.32 Å². The van der Waals surface area contributed by atoms with Crippen LogP contribution in [0.4, 0.5) is 24.5 Å². The topological polar surface area (TPSA) is 111 Å². The van der Waals surface area contributed by atoms with Gasteiger partial charge in [0.2, 0.25) is 0 Å². The van der Waals surface area contributed by atoms with Gasteiger partial charge >= 0.3 is 24.0 Å². The van der Waals surface area contributed by atoms with E-state index in [-0.39, 0.29) is 16.8 Å². The molecule has 0 aromatic heterocycles. The van der Waals surface area contributed by atoms with Crippen LogP contribution in [0.2, 0.25) is 0 Å². The lowest BCUT2D eigenvalue weighted by molar-refractivity contribution is -0.167. The normalized spacial score (nSPS) is 10.7. The highest BCUT2D eigenvalue weighted by molar-refractivity contribution is 5.98. The second-order valence-electron chi connectivity index (χ2n) is 5.73. The van der Waals surface area contributed by atoms with Crippen molar-refractivity contribution >= 4 is 35.1 Å². The molecule has 0 unspecified atom stereocenters. The van der Waals surface area contributed by atoms with E-state index < -0.39 is 36.5 Å². The minimum atomic E-state index is -5.08. The number of rotatable bonds is 6. The largest absolute Gasteiger partial charge is 0.471 e. The standard InChI is InChI=1S/C19H15F3N2O6/c1-29-16(26)11-5-7-13(8-6-11)23-15(25)10-30-17(27)12-3-2-4-14(9-12)24-18(28)19(20,21)22/h2-9H,10H2,1H3,(H,23,25)(H,24,28). The van der Waals surface area contributed by atoms with Gasteiger partial charge in [-0.15, -0.1) is 0 Å². The lowest BCUT2D eigenvalue weighted by Gasteiger charge is -2.10. The molecule has 2 aromatic rings. The van der Waals surface area contributed by atoms with Crippen molar-refractivity contribution in [2.75, 3.05) is 24.4 Å². The third kappa shape index (κ3) is 6.33. The van der Waals surface area contributed by atoms with Gasteiger partial charge < -0.3 is 20.1 Å². The molecule has 11 heteroatoms. The van der Waals surface area contributed by atoms with Gasteiger partial charge in [-0.3, -0.25) is 9.59 Å². The summed E-state index contributed by atoms with van der Waals surface area (Å²) in [6, 6.07) is 10.4. The molecule has 0 radical (unpaired) electrons. The summed E-state index contributed by atoms with van der Waals surface area (Å²) in [5.41, 5.74) is 0.187. The molecule has 158 valence electrons. The lowest BCUT2D eigenvalue weighted by atomic mass is 10.2. The molecule has 0 heterocycles. The van der Waals surface area contributed by atoms with E-state index in [1.807, 2.05) is 0 Å². The monoisotopic (exact) mass is 424 g/mol. The summed E-state index contributed by atoms with van der Waals surface area (Å²) >= 11 is 0. The number of benzene rings is 2. The molecule has 0 saturated heterocycles. The molecule has 0 aliphatic heterocycles. The Balaban J connectivity index is 1.90. The number of carbonyl (C=O) groups is 4. The molecule has 0 saturated carbocycles. The van der Waals surface area contributed by atoms with Crippen molar-refractivity contribution in [3.63, 3.8) is 0 Å². The van der Waals surface area contributed by atoms with Gasteiger partial charge in [0.1, 0.15) is 0 Å². The van der Waals surface area contributed by atoms with Crippen LogP contribution in [0.25, 0.3) is 0 Å². The first kappa shape index (κ1) is 22.4. The molecule has 0 atom stereocenters. The van der Waals surface area contributed by atoms with Crippen molar-refractivity contribution < 1.29 is 41.8 Å². The van der Waals surface area contributed by atoms with Gasteiger partial charge in [0.15, 0.2) is 6.61 Å². The van der Waals surface area contributed by atoms with Crippen molar-refractivity contribution in [3.8, 4) is 0 Å². The fraction of sp³-hybridized carbons (Fsp3) is 0.158. The van der Waals surface area contributed by atoms with Crippen LogP contribution in [-0.2, 0) is 19.1 Å². The predicted molar refractivity (Wildman–Crippen MR) is 97.8 cm³/mol. The minimum Gasteiger partial charge on any atom is -0.465 e. The van der Waals surface area contributed by atoms with Gasteiger partial charge in [-0.05, 0) is 42.5 Å². The summed E-state index contributed by atoms with van der Waals surface area (Å²) in [6.07, 6.45) is -5.08. The number of hydrogen-bond acceptors (Lipinski definition) is 6. The minimum absolute atomic E-state index is 0.162. The molecular weight excluding hydrogens is 409 g/mol. The molecule has 2 N–H and O–H groups in total. The summed E-state index contributed by atoms with van der Waals surface area (Å²) in [5, 5.41) is 4.04. The second-order valence-corrected chi connectivity index (χ2v) is 5.73. The Kier molecular flexibility index (Phi) is 7.13. The highest BCUT2D eigenvalue weighted by Crippen LogP contribution is 2.19. The second kappa shape index (κ2) is 9.54. The molecule has 0 spiro atoms. The number of esters is 2. The molecule has 2 aromatic carbocycles. The Morgan fingerprint density at radius 2 is 1.53 bits per heavy atom. The first-order valence-electron chi connectivity index (χ1n) is 8.23. The van der Waals surface area contributed by atoms with Crippen molar-refractivity contribution in [3.05, 3.63) is 59.7 Å². The fourth-order valence-electron chi connectivity index (χ4n) is 2.14. The van der Waals surface area contributed by atoms with Crippen molar-refractivity contribution in [2.45, 2.75) is 6.18 Å². The van der Waals surface area contributed by atoms with Crippen LogP contribution in [0.15, 0.2) is 48.5 Å². The number of halogens is 3. The maximum absolute atomic E-state index is 12.3. The Morgan fingerprint density at radius 1 is 0.867 bits per heavy atom. The van der Waals surface area contributed by atoms with E-state index in [9.17, 15) is 32.3 Å². The average molecular weight is 424 g/mol. The maximum Gasteiger partial charge on any atom is 0.471 e. The molecule has 2 rings (SSSR count). The van der Waals surface area contributed by atoms with Crippen LogP contribution >= 0.6 is 0 Å². The van der Waals surface area contributed by atoms with Crippen LogP contribution in [0.3, 0.4) is 0 Å². The van der Waals surface area contributed by atoms with Crippen LogP contribution < -0.4 is 10.6 Å². The van der Waals surface area contributed by atoms with E-state index in [4.69, 9.17) is 4.74 Å². The molecule has 0 fully saturated rings. The number of alkyl halides is 3. The molecule has 0 aliphatic carbocycles. The number of hydrogen-bond donors (Lipinski definition) is 2. The molecule has 0 bridgehead atoms. The van der Waals surface area contributed by atoms with Crippen molar-refractivity contribution in [1.82, 2.24) is 0 Å². The zero-order chi connectivity index (χ0) is 22.3. The van der Waals surface area contributed by atoms with E-state index >= 15 is 0 Å². The van der Waals surface area contributed by atoms with Crippen molar-refractivity contribution in [2.24, 2.45) is 0 Å². The summed E-state index contributed by atoms with van der Waals surface area (Å²) in [5.74, 6) is -4.40. The number of anilines is 2. The average Bonchev–Trinajstić information content (AvgIpc) is 2.71. The number of amides is 2. The Morgan fingerprint density at radius 3 is 2.13 bits per heavy atom. The number of nitrogens with one attached hydrogen (secondary N) is 2. The van der Waals surface area contributed by atoms with Gasteiger partial charge in [-0.2, -0.15) is 13.2 Å². The number of ether oxygens (including phenoxy) is 2. The molecule has 2 amide bonds. The van der Waals surface area contributed by atoms with Crippen LogP contribution in [-0.4, -0.2) is 43.6 Å². The summed E-state index contributed by atoms with van der Waals surface area (Å²) < 4.78 is 46.2. The van der Waals surface area contributed by atoms with E-state index in [0.717, 1.165) is 12.1 Å². The number of carbonyl (C=O) groups excluding carboxylic acids is 4. The number of methoxy groups -OCH3 is 1. The van der Waals surface area contributed by atoms with Crippen LogP contribution in [0.1, 0.15) is 20.7 Å². The van der Waals surface area contributed by atoms with E-state index in [1.165, 1.54) is 43.5 Å². The summed E-state index contributed by atoms with van der Waals surface area (Å²) in [4.78, 5) is 46.2. The maximum atomic E-state index is 12.3. The van der Waals surface area contributed by atoms with Gasteiger partial charge in [0, 0.05) is 11.4 Å². The molecular formula is C19H15F3N2O6.